The van der Waals surface area contributed by atoms with Crippen LogP contribution in [0.15, 0.2) is 0 Å². The van der Waals surface area contributed by atoms with Gasteiger partial charge in [-0.3, -0.25) is 0 Å². The minimum Gasteiger partial charge on any atom is -0.314 e. The molecule has 2 fully saturated rings. The molecule has 0 aromatic carbocycles. The van der Waals surface area contributed by atoms with Crippen molar-refractivity contribution < 1.29 is 0 Å². The Balaban J connectivity index is 1.72. The molecule has 1 saturated carbocycles. The number of piperidine rings is 1. The SMILES string of the molecule is CCC1CCC(N(C)CC2CCNC(C)C2)CC1. The zero-order valence-corrected chi connectivity index (χ0v) is 12.6. The Morgan fingerprint density at radius 3 is 2.39 bits per heavy atom. The Labute approximate surface area is 114 Å². The van der Waals surface area contributed by atoms with E-state index in [4.69, 9.17) is 0 Å². The second-order valence-corrected chi connectivity index (χ2v) is 6.77. The smallest absolute Gasteiger partial charge is 0.00925 e. The zero-order valence-electron chi connectivity index (χ0n) is 12.6. The molecule has 1 aliphatic heterocycles. The molecule has 2 aliphatic rings. The highest BCUT2D eigenvalue weighted by molar-refractivity contribution is 4.82. The number of hydrogen-bond acceptors (Lipinski definition) is 2. The summed E-state index contributed by atoms with van der Waals surface area (Å²) in [6.45, 7) is 7.24. The van der Waals surface area contributed by atoms with Crippen LogP contribution in [0, 0.1) is 11.8 Å². The van der Waals surface area contributed by atoms with Gasteiger partial charge < -0.3 is 10.2 Å². The van der Waals surface area contributed by atoms with Crippen LogP contribution in [0.25, 0.3) is 0 Å². The first kappa shape index (κ1) is 14.3. The Morgan fingerprint density at radius 2 is 1.78 bits per heavy atom. The highest BCUT2D eigenvalue weighted by atomic mass is 15.1. The van der Waals surface area contributed by atoms with Gasteiger partial charge in [-0.25, -0.2) is 0 Å². The van der Waals surface area contributed by atoms with Crippen molar-refractivity contribution >= 4 is 0 Å². The number of rotatable bonds is 4. The van der Waals surface area contributed by atoms with Gasteiger partial charge in [0.25, 0.3) is 0 Å². The molecule has 2 nitrogen and oxygen atoms in total. The standard InChI is InChI=1S/C16H32N2/c1-4-14-5-7-16(8-6-14)18(3)12-15-9-10-17-13(2)11-15/h13-17H,4-12H2,1-3H3. The van der Waals surface area contributed by atoms with E-state index in [1.807, 2.05) is 0 Å². The van der Waals surface area contributed by atoms with Crippen LogP contribution in [0.2, 0.25) is 0 Å². The van der Waals surface area contributed by atoms with E-state index in [0.29, 0.717) is 0 Å². The minimum atomic E-state index is 0.730. The highest BCUT2D eigenvalue weighted by Crippen LogP contribution is 2.30. The highest BCUT2D eigenvalue weighted by Gasteiger charge is 2.26. The summed E-state index contributed by atoms with van der Waals surface area (Å²) in [5.41, 5.74) is 0. The maximum absolute atomic E-state index is 3.56. The maximum atomic E-state index is 3.56. The molecule has 2 atom stereocenters. The van der Waals surface area contributed by atoms with E-state index in [9.17, 15) is 0 Å². The molecule has 2 heteroatoms. The molecule has 0 aromatic rings. The molecule has 1 heterocycles. The van der Waals surface area contributed by atoms with Crippen molar-refractivity contribution in [2.24, 2.45) is 11.8 Å². The first-order chi connectivity index (χ1) is 8.69. The molecule has 0 spiro atoms. The molecule has 0 bridgehead atoms. The summed E-state index contributed by atoms with van der Waals surface area (Å²) < 4.78 is 0. The molecule has 0 aromatic heterocycles. The molecule has 0 amide bonds. The Bertz CT molecular complexity index is 233. The molecule has 1 saturated heterocycles. The number of hydrogen-bond donors (Lipinski definition) is 1. The fourth-order valence-electron chi connectivity index (χ4n) is 3.95. The molecular formula is C16H32N2. The summed E-state index contributed by atoms with van der Waals surface area (Å²) >= 11 is 0. The second kappa shape index (κ2) is 6.91. The lowest BCUT2D eigenvalue weighted by Gasteiger charge is -2.38. The van der Waals surface area contributed by atoms with Gasteiger partial charge in [0.1, 0.15) is 0 Å². The monoisotopic (exact) mass is 252 g/mol. The average molecular weight is 252 g/mol. The fraction of sp³-hybridized carbons (Fsp3) is 1.00. The fourth-order valence-corrected chi connectivity index (χ4v) is 3.95. The van der Waals surface area contributed by atoms with Crippen LogP contribution in [-0.2, 0) is 0 Å². The molecule has 1 N–H and O–H groups in total. The van der Waals surface area contributed by atoms with E-state index in [1.54, 1.807) is 0 Å². The van der Waals surface area contributed by atoms with Crippen molar-refractivity contribution in [1.29, 1.82) is 0 Å². The summed E-state index contributed by atoms with van der Waals surface area (Å²) in [6.07, 6.45) is 9.95. The van der Waals surface area contributed by atoms with Crippen molar-refractivity contribution in [3.8, 4) is 0 Å². The van der Waals surface area contributed by atoms with Crippen LogP contribution in [-0.4, -0.2) is 37.1 Å². The average Bonchev–Trinajstić information content (AvgIpc) is 2.39. The Morgan fingerprint density at radius 1 is 1.06 bits per heavy atom. The van der Waals surface area contributed by atoms with Gasteiger partial charge in [-0.2, -0.15) is 0 Å². The lowest BCUT2D eigenvalue weighted by molar-refractivity contribution is 0.129. The molecule has 18 heavy (non-hydrogen) atoms. The van der Waals surface area contributed by atoms with Crippen molar-refractivity contribution in [3.63, 3.8) is 0 Å². The molecule has 1 aliphatic carbocycles. The van der Waals surface area contributed by atoms with Gasteiger partial charge >= 0.3 is 0 Å². The summed E-state index contributed by atoms with van der Waals surface area (Å²) in [5, 5.41) is 3.56. The molecule has 2 rings (SSSR count). The first-order valence-electron chi connectivity index (χ1n) is 8.12. The summed E-state index contributed by atoms with van der Waals surface area (Å²) in [6, 6.07) is 1.60. The minimum absolute atomic E-state index is 0.730. The van der Waals surface area contributed by atoms with Gasteiger partial charge in [-0.1, -0.05) is 13.3 Å². The van der Waals surface area contributed by atoms with E-state index < -0.39 is 0 Å². The van der Waals surface area contributed by atoms with Crippen LogP contribution in [0.1, 0.15) is 58.8 Å². The van der Waals surface area contributed by atoms with Crippen molar-refractivity contribution in [1.82, 2.24) is 10.2 Å². The first-order valence-corrected chi connectivity index (χ1v) is 8.12. The summed E-state index contributed by atoms with van der Waals surface area (Å²) in [4.78, 5) is 2.68. The van der Waals surface area contributed by atoms with E-state index >= 15 is 0 Å². The molecule has 2 unspecified atom stereocenters. The third-order valence-electron chi connectivity index (χ3n) is 5.30. The van der Waals surface area contributed by atoms with Gasteiger partial charge in [0.2, 0.25) is 0 Å². The van der Waals surface area contributed by atoms with Gasteiger partial charge in [-0.05, 0) is 70.9 Å². The molecule has 106 valence electrons. The topological polar surface area (TPSA) is 15.3 Å². The van der Waals surface area contributed by atoms with Crippen molar-refractivity contribution in [2.45, 2.75) is 70.9 Å². The summed E-state index contributed by atoms with van der Waals surface area (Å²) in [7, 11) is 2.36. The summed E-state index contributed by atoms with van der Waals surface area (Å²) in [5.74, 6) is 1.95. The lowest BCUT2D eigenvalue weighted by Crippen LogP contribution is -2.43. The Kier molecular flexibility index (Phi) is 5.50. The van der Waals surface area contributed by atoms with Gasteiger partial charge in [0.05, 0.1) is 0 Å². The predicted molar refractivity (Wildman–Crippen MR) is 78.9 cm³/mol. The van der Waals surface area contributed by atoms with E-state index in [1.165, 1.54) is 58.0 Å². The van der Waals surface area contributed by atoms with Gasteiger partial charge in [0.15, 0.2) is 0 Å². The van der Waals surface area contributed by atoms with Gasteiger partial charge in [-0.15, -0.1) is 0 Å². The van der Waals surface area contributed by atoms with Crippen LogP contribution < -0.4 is 5.32 Å². The van der Waals surface area contributed by atoms with Crippen LogP contribution in [0.4, 0.5) is 0 Å². The predicted octanol–water partition coefficient (Wildman–Crippen LogP) is 3.28. The Hall–Kier alpha value is -0.0800. The van der Waals surface area contributed by atoms with Crippen LogP contribution >= 0.6 is 0 Å². The molecular weight excluding hydrogens is 220 g/mol. The normalized spacial score (nSPS) is 38.0. The zero-order chi connectivity index (χ0) is 13.0. The number of nitrogens with zero attached hydrogens (tertiary/aromatic N) is 1. The van der Waals surface area contributed by atoms with Crippen molar-refractivity contribution in [3.05, 3.63) is 0 Å². The lowest BCUT2D eigenvalue weighted by atomic mass is 9.83. The van der Waals surface area contributed by atoms with E-state index in [-0.39, 0.29) is 0 Å². The maximum Gasteiger partial charge on any atom is 0.00925 e. The van der Waals surface area contributed by atoms with E-state index in [0.717, 1.165) is 23.9 Å². The third-order valence-corrected chi connectivity index (χ3v) is 5.30. The van der Waals surface area contributed by atoms with Crippen molar-refractivity contribution in [2.75, 3.05) is 20.1 Å². The molecule has 0 radical (unpaired) electrons. The van der Waals surface area contributed by atoms with Crippen LogP contribution in [0.3, 0.4) is 0 Å². The van der Waals surface area contributed by atoms with Gasteiger partial charge in [0, 0.05) is 18.6 Å². The van der Waals surface area contributed by atoms with Crippen LogP contribution in [0.5, 0.6) is 0 Å². The van der Waals surface area contributed by atoms with E-state index in [2.05, 4.69) is 31.1 Å². The number of nitrogens with one attached hydrogen (secondary N) is 1. The second-order valence-electron chi connectivity index (χ2n) is 6.77. The quantitative estimate of drug-likeness (QED) is 0.826. The third kappa shape index (κ3) is 3.96. The largest absolute Gasteiger partial charge is 0.314 e.